The van der Waals surface area contributed by atoms with Crippen molar-refractivity contribution < 1.29 is 38.2 Å². The van der Waals surface area contributed by atoms with Gasteiger partial charge in [-0.2, -0.15) is 0 Å². The monoisotopic (exact) mass is 886 g/mol. The van der Waals surface area contributed by atoms with Gasteiger partial charge >= 0.3 is 11.9 Å². The lowest BCUT2D eigenvalue weighted by Gasteiger charge is -2.34. The van der Waals surface area contributed by atoms with E-state index in [2.05, 4.69) is 62.5 Å². The van der Waals surface area contributed by atoms with Crippen molar-refractivity contribution in [3.63, 3.8) is 0 Å². The van der Waals surface area contributed by atoms with Gasteiger partial charge < -0.3 is 28.6 Å². The average Bonchev–Trinajstić information content (AvgIpc) is 3.24. The van der Waals surface area contributed by atoms with Gasteiger partial charge in [0.15, 0.2) is 6.10 Å². The number of likely N-dealkylation sites (N-methyl/N-ethyl adjacent to an activating group) is 1. The first-order valence-electron chi connectivity index (χ1n) is 26.2. The summed E-state index contributed by atoms with van der Waals surface area (Å²) in [5.74, 6) is -1.76. The van der Waals surface area contributed by atoms with Gasteiger partial charge in [0.05, 0.1) is 40.3 Å². The first kappa shape index (κ1) is 60.3. The highest BCUT2D eigenvalue weighted by Gasteiger charge is 2.25. The highest BCUT2D eigenvalue weighted by Crippen LogP contribution is 2.16. The van der Waals surface area contributed by atoms with Gasteiger partial charge in [0, 0.05) is 19.3 Å². The van der Waals surface area contributed by atoms with Crippen LogP contribution in [0.3, 0.4) is 0 Å². The molecule has 0 aromatic rings. The van der Waals surface area contributed by atoms with Gasteiger partial charge in [-0.1, -0.05) is 210 Å². The summed E-state index contributed by atoms with van der Waals surface area (Å²) < 4.78 is 17.2. The molecule has 0 N–H and O–H groups in total. The number of hydrogen-bond acceptors (Lipinski definition) is 7. The Kier molecular flexibility index (Phi) is 43.9. The Bertz CT molecular complexity index is 1170. The average molecular weight is 886 g/mol. The van der Waals surface area contributed by atoms with Crippen molar-refractivity contribution in [2.45, 2.75) is 244 Å². The number of esters is 2. The van der Waals surface area contributed by atoms with Crippen LogP contribution < -0.4 is 5.11 Å². The van der Waals surface area contributed by atoms with E-state index in [0.717, 1.165) is 77.0 Å². The summed E-state index contributed by atoms with van der Waals surface area (Å²) in [5, 5.41) is 11.7. The third-order valence-electron chi connectivity index (χ3n) is 11.7. The molecule has 0 spiro atoms. The van der Waals surface area contributed by atoms with E-state index in [1.54, 1.807) is 21.1 Å². The molecule has 366 valence electrons. The van der Waals surface area contributed by atoms with Crippen LogP contribution in [0.1, 0.15) is 232 Å². The van der Waals surface area contributed by atoms with Gasteiger partial charge in [0.1, 0.15) is 12.6 Å². The van der Waals surface area contributed by atoms with Crippen molar-refractivity contribution in [3.05, 3.63) is 48.6 Å². The van der Waals surface area contributed by atoms with E-state index >= 15 is 0 Å². The summed E-state index contributed by atoms with van der Waals surface area (Å²) >= 11 is 0. The van der Waals surface area contributed by atoms with Crippen LogP contribution >= 0.6 is 0 Å². The second-order valence-electron chi connectivity index (χ2n) is 18.7. The van der Waals surface area contributed by atoms with Crippen molar-refractivity contribution in [1.82, 2.24) is 0 Å². The standard InChI is InChI=1S/C55H99NO7/c1-6-8-10-12-14-16-18-20-22-24-25-26-27-28-30-31-33-35-37-39-41-43-45-53(57)62-50-51(49-61-48-47-52(55(59)60)56(3,4)5)63-54(58)46-44-42-40-38-36-34-32-29-23-21-19-17-15-13-11-9-7-2/h9,11,15,17,21,23,32,34,51-52H,6-8,10,12-14,16,18-20,22,24-31,33,35-50H2,1-5H3/b11-9-,17-15-,23-21-,34-32-. The van der Waals surface area contributed by atoms with Crippen LogP contribution in [0.5, 0.6) is 0 Å². The predicted octanol–water partition coefficient (Wildman–Crippen LogP) is 13.8. The minimum atomic E-state index is -1.13. The Morgan fingerprint density at radius 1 is 0.492 bits per heavy atom. The minimum absolute atomic E-state index is 0.0319. The predicted molar refractivity (Wildman–Crippen MR) is 263 cm³/mol. The number of allylic oxidation sites excluding steroid dienone is 8. The number of hydrogen-bond donors (Lipinski definition) is 0. The lowest BCUT2D eigenvalue weighted by Crippen LogP contribution is -2.55. The number of carbonyl (C=O) groups is 3. The second-order valence-corrected chi connectivity index (χ2v) is 18.7. The Morgan fingerprint density at radius 3 is 1.32 bits per heavy atom. The fraction of sp³-hybridized carbons (Fsp3) is 0.800. The van der Waals surface area contributed by atoms with Crippen molar-refractivity contribution in [2.24, 2.45) is 0 Å². The van der Waals surface area contributed by atoms with Gasteiger partial charge in [-0.25, -0.2) is 0 Å². The van der Waals surface area contributed by atoms with Gasteiger partial charge in [-0.15, -0.1) is 0 Å². The number of carbonyl (C=O) groups excluding carboxylic acids is 3. The number of nitrogens with zero attached hydrogens (tertiary/aromatic N) is 1. The number of ether oxygens (including phenoxy) is 3. The maximum atomic E-state index is 12.8. The van der Waals surface area contributed by atoms with E-state index in [1.165, 1.54) is 122 Å². The fourth-order valence-corrected chi connectivity index (χ4v) is 7.71. The van der Waals surface area contributed by atoms with E-state index in [1.807, 2.05) is 0 Å². The molecule has 63 heavy (non-hydrogen) atoms. The topological polar surface area (TPSA) is 102 Å². The number of quaternary nitrogens is 1. The van der Waals surface area contributed by atoms with E-state index in [4.69, 9.17) is 14.2 Å². The fourth-order valence-electron chi connectivity index (χ4n) is 7.71. The molecule has 0 saturated heterocycles. The zero-order valence-electron chi connectivity index (χ0n) is 41.7. The SMILES string of the molecule is CC/C=C\C/C=C\C/C=C\C/C=C\CCCCCCC(=O)OC(COCCC(C(=O)[O-])[N+](C)(C)C)COC(=O)CCCCCCCCCCCCCCCCCCCCCCCC. The third kappa shape index (κ3) is 44.3. The maximum Gasteiger partial charge on any atom is 0.306 e. The zero-order chi connectivity index (χ0) is 46.3. The third-order valence-corrected chi connectivity index (χ3v) is 11.7. The van der Waals surface area contributed by atoms with Gasteiger partial charge in [-0.05, 0) is 51.4 Å². The van der Waals surface area contributed by atoms with E-state index < -0.39 is 18.1 Å². The van der Waals surface area contributed by atoms with Crippen LogP contribution in [0.15, 0.2) is 48.6 Å². The largest absolute Gasteiger partial charge is 0.544 e. The molecule has 0 saturated carbocycles. The Labute approximate surface area is 388 Å². The number of aliphatic carboxylic acids is 1. The highest BCUT2D eigenvalue weighted by atomic mass is 16.6. The lowest BCUT2D eigenvalue weighted by atomic mass is 10.0. The smallest absolute Gasteiger partial charge is 0.306 e. The molecule has 0 aromatic heterocycles. The molecule has 0 aliphatic heterocycles. The molecule has 0 aliphatic rings. The molecule has 2 unspecified atom stereocenters. The number of unbranched alkanes of at least 4 members (excludes halogenated alkanes) is 25. The molecule has 0 radical (unpaired) electrons. The van der Waals surface area contributed by atoms with Crippen molar-refractivity contribution in [2.75, 3.05) is 41.0 Å². The second kappa shape index (κ2) is 45.8. The van der Waals surface area contributed by atoms with Crippen LogP contribution in [0.25, 0.3) is 0 Å². The summed E-state index contributed by atoms with van der Waals surface area (Å²) in [4.78, 5) is 37.0. The summed E-state index contributed by atoms with van der Waals surface area (Å²) in [5.41, 5.74) is 0. The van der Waals surface area contributed by atoms with Crippen LogP contribution in [0, 0.1) is 0 Å². The molecule has 0 heterocycles. The van der Waals surface area contributed by atoms with E-state index in [-0.39, 0.29) is 42.7 Å². The Morgan fingerprint density at radius 2 is 0.889 bits per heavy atom. The van der Waals surface area contributed by atoms with Crippen molar-refractivity contribution >= 4 is 17.9 Å². The molecule has 0 amide bonds. The van der Waals surface area contributed by atoms with E-state index in [0.29, 0.717) is 12.8 Å². The summed E-state index contributed by atoms with van der Waals surface area (Å²) in [6, 6.07) is -0.731. The molecule has 0 rings (SSSR count). The molecule has 0 aromatic carbocycles. The Hall–Kier alpha value is -2.71. The number of rotatable bonds is 47. The molecule has 0 bridgehead atoms. The first-order valence-corrected chi connectivity index (χ1v) is 26.2. The number of carboxylic acids is 1. The molecule has 2 atom stereocenters. The van der Waals surface area contributed by atoms with Crippen molar-refractivity contribution in [3.8, 4) is 0 Å². The zero-order valence-corrected chi connectivity index (χ0v) is 41.7. The van der Waals surface area contributed by atoms with Crippen LogP contribution in [0.2, 0.25) is 0 Å². The van der Waals surface area contributed by atoms with Crippen molar-refractivity contribution in [1.29, 1.82) is 0 Å². The molecular weight excluding hydrogens is 787 g/mol. The lowest BCUT2D eigenvalue weighted by molar-refractivity contribution is -0.889. The summed E-state index contributed by atoms with van der Waals surface area (Å²) in [6.45, 7) is 4.55. The van der Waals surface area contributed by atoms with Gasteiger partial charge in [-0.3, -0.25) is 9.59 Å². The van der Waals surface area contributed by atoms with Crippen LogP contribution in [-0.2, 0) is 28.6 Å². The van der Waals surface area contributed by atoms with E-state index in [9.17, 15) is 19.5 Å². The highest BCUT2D eigenvalue weighted by molar-refractivity contribution is 5.70. The maximum absolute atomic E-state index is 12.8. The minimum Gasteiger partial charge on any atom is -0.544 e. The van der Waals surface area contributed by atoms with Gasteiger partial charge in [0.2, 0.25) is 0 Å². The summed E-state index contributed by atoms with van der Waals surface area (Å²) in [6.07, 6.45) is 55.8. The Balaban J connectivity index is 4.22. The molecule has 0 aliphatic carbocycles. The summed E-state index contributed by atoms with van der Waals surface area (Å²) in [7, 11) is 5.41. The quantitative estimate of drug-likeness (QED) is 0.0259. The molecule has 0 fully saturated rings. The van der Waals surface area contributed by atoms with Crippen LogP contribution in [-0.4, -0.2) is 75.5 Å². The van der Waals surface area contributed by atoms with Gasteiger partial charge in [0.25, 0.3) is 0 Å². The molecular formula is C55H99NO7. The molecule has 8 heteroatoms. The molecule has 8 nitrogen and oxygen atoms in total. The first-order chi connectivity index (χ1) is 30.6. The normalized spacial score (nSPS) is 13.2. The van der Waals surface area contributed by atoms with Crippen LogP contribution in [0.4, 0.5) is 0 Å². The number of carboxylic acid groups (broad SMARTS) is 1.